The molecule has 0 unspecified atom stereocenters. The smallest absolute Gasteiger partial charge is 0.268 e. The van der Waals surface area contributed by atoms with Gasteiger partial charge in [-0.2, -0.15) is 0 Å². The van der Waals surface area contributed by atoms with Gasteiger partial charge < -0.3 is 0 Å². The number of hydrazine groups is 1. The maximum Gasteiger partial charge on any atom is 0.279 e. The summed E-state index contributed by atoms with van der Waals surface area (Å²) in [6.45, 7) is 2.00. The molecule has 0 fully saturated rings. The van der Waals surface area contributed by atoms with E-state index in [2.05, 4.69) is 10.9 Å². The number of hydrogen-bond donors (Lipinski definition) is 2. The summed E-state index contributed by atoms with van der Waals surface area (Å²) in [4.78, 5) is 23.7. The largest absolute Gasteiger partial charge is 0.279 e. The van der Waals surface area contributed by atoms with E-state index in [0.29, 0.717) is 4.88 Å². The Morgan fingerprint density at radius 2 is 1.85 bits per heavy atom. The van der Waals surface area contributed by atoms with Crippen molar-refractivity contribution >= 4 is 29.2 Å². The van der Waals surface area contributed by atoms with Crippen LogP contribution in [0.5, 0.6) is 0 Å². The highest BCUT2D eigenvalue weighted by Gasteiger charge is 2.05. The highest BCUT2D eigenvalue weighted by atomic mass is 32.1. The average molecular weight is 286 g/mol. The fourth-order valence-electron chi connectivity index (χ4n) is 1.48. The van der Waals surface area contributed by atoms with Crippen LogP contribution in [0.15, 0.2) is 47.9 Å². The van der Waals surface area contributed by atoms with E-state index in [1.165, 1.54) is 17.4 Å². The lowest BCUT2D eigenvalue weighted by Gasteiger charge is -2.03. The summed E-state index contributed by atoms with van der Waals surface area (Å²) in [5.41, 5.74) is 6.77. The minimum Gasteiger partial charge on any atom is -0.268 e. The number of rotatable bonds is 3. The molecule has 2 aromatic rings. The molecular formula is C15H14N2O2S. The van der Waals surface area contributed by atoms with Gasteiger partial charge in [-0.3, -0.25) is 20.4 Å². The van der Waals surface area contributed by atoms with Gasteiger partial charge >= 0.3 is 0 Å². The molecule has 0 aliphatic heterocycles. The van der Waals surface area contributed by atoms with Crippen LogP contribution in [-0.4, -0.2) is 11.8 Å². The Hall–Kier alpha value is -2.40. The molecule has 5 heteroatoms. The van der Waals surface area contributed by atoms with Crippen molar-refractivity contribution in [1.29, 1.82) is 0 Å². The van der Waals surface area contributed by atoms with Crippen LogP contribution in [0.4, 0.5) is 0 Å². The summed E-state index contributed by atoms with van der Waals surface area (Å²) >= 11 is 1.31. The second-order valence-corrected chi connectivity index (χ2v) is 5.11. The van der Waals surface area contributed by atoms with E-state index >= 15 is 0 Å². The van der Waals surface area contributed by atoms with Crippen LogP contribution >= 0.6 is 11.3 Å². The zero-order valence-corrected chi connectivity index (χ0v) is 11.7. The predicted octanol–water partition coefficient (Wildman–Crippen LogP) is 2.53. The maximum atomic E-state index is 11.6. The van der Waals surface area contributed by atoms with Gasteiger partial charge in [0, 0.05) is 6.08 Å². The molecule has 102 valence electrons. The Kier molecular flexibility index (Phi) is 4.68. The zero-order chi connectivity index (χ0) is 14.4. The molecule has 0 saturated carbocycles. The van der Waals surface area contributed by atoms with Gasteiger partial charge in [0.2, 0.25) is 0 Å². The molecule has 0 radical (unpaired) electrons. The number of nitrogens with one attached hydrogen (secondary N) is 2. The maximum absolute atomic E-state index is 11.6. The van der Waals surface area contributed by atoms with Gasteiger partial charge in [0.1, 0.15) is 0 Å². The van der Waals surface area contributed by atoms with Gasteiger partial charge in [0.25, 0.3) is 11.8 Å². The minimum atomic E-state index is -0.379. The van der Waals surface area contributed by atoms with Crippen LogP contribution in [0.3, 0.4) is 0 Å². The van der Waals surface area contributed by atoms with Crippen molar-refractivity contribution in [3.05, 3.63) is 63.9 Å². The molecular weight excluding hydrogens is 272 g/mol. The van der Waals surface area contributed by atoms with E-state index in [4.69, 9.17) is 0 Å². The molecule has 1 aromatic carbocycles. The standard InChI is InChI=1S/C15H14N2O2S/c1-11-4-6-12(7-5-11)8-9-14(18)16-17-15(19)13-3-2-10-20-13/h2-10H,1H3,(H,16,18)(H,17,19)/b9-8+. The van der Waals surface area contributed by atoms with E-state index in [1.54, 1.807) is 23.6 Å². The summed E-state index contributed by atoms with van der Waals surface area (Å²) < 4.78 is 0. The fourth-order valence-corrected chi connectivity index (χ4v) is 2.10. The monoisotopic (exact) mass is 286 g/mol. The second-order valence-electron chi connectivity index (χ2n) is 4.16. The molecule has 0 bridgehead atoms. The van der Waals surface area contributed by atoms with Crippen LogP contribution in [-0.2, 0) is 4.79 Å². The van der Waals surface area contributed by atoms with Crippen molar-refractivity contribution in [2.45, 2.75) is 6.92 Å². The van der Waals surface area contributed by atoms with Crippen molar-refractivity contribution in [2.75, 3.05) is 0 Å². The van der Waals surface area contributed by atoms with Crippen LogP contribution in [0, 0.1) is 6.92 Å². The molecule has 0 spiro atoms. The first-order chi connectivity index (χ1) is 9.65. The first-order valence-corrected chi connectivity index (χ1v) is 6.92. The Morgan fingerprint density at radius 1 is 1.10 bits per heavy atom. The number of benzene rings is 1. The summed E-state index contributed by atoms with van der Waals surface area (Å²) in [6, 6.07) is 11.2. The molecule has 0 aliphatic carbocycles. The van der Waals surface area contributed by atoms with Gasteiger partial charge in [-0.25, -0.2) is 0 Å². The molecule has 2 N–H and O–H groups in total. The fraction of sp³-hybridized carbons (Fsp3) is 0.0667. The Balaban J connectivity index is 1.83. The van der Waals surface area contributed by atoms with Crippen molar-refractivity contribution in [3.8, 4) is 0 Å². The van der Waals surface area contributed by atoms with E-state index in [1.807, 2.05) is 31.2 Å². The zero-order valence-electron chi connectivity index (χ0n) is 10.9. The molecule has 0 saturated heterocycles. The topological polar surface area (TPSA) is 58.2 Å². The lowest BCUT2D eigenvalue weighted by atomic mass is 10.1. The number of thiophene rings is 1. The van der Waals surface area contributed by atoms with Crippen molar-refractivity contribution in [3.63, 3.8) is 0 Å². The summed E-state index contributed by atoms with van der Waals surface area (Å²) in [7, 11) is 0. The van der Waals surface area contributed by atoms with E-state index in [0.717, 1.165) is 11.1 Å². The van der Waals surface area contributed by atoms with Crippen LogP contribution in [0.2, 0.25) is 0 Å². The molecule has 1 heterocycles. The van der Waals surface area contributed by atoms with Crippen molar-refractivity contribution in [1.82, 2.24) is 10.9 Å². The third-order valence-electron chi connectivity index (χ3n) is 2.55. The van der Waals surface area contributed by atoms with Gasteiger partial charge in [-0.05, 0) is 30.0 Å². The SMILES string of the molecule is Cc1ccc(/C=C/C(=O)NNC(=O)c2cccs2)cc1. The third kappa shape index (κ3) is 4.07. The molecule has 2 rings (SSSR count). The molecule has 1 aromatic heterocycles. The number of aryl methyl sites for hydroxylation is 1. The second kappa shape index (κ2) is 6.68. The average Bonchev–Trinajstić information content (AvgIpc) is 2.98. The van der Waals surface area contributed by atoms with Crippen molar-refractivity contribution in [2.24, 2.45) is 0 Å². The predicted molar refractivity (Wildman–Crippen MR) is 80.1 cm³/mol. The molecule has 0 aliphatic rings. The van der Waals surface area contributed by atoms with Gasteiger partial charge in [-0.15, -0.1) is 11.3 Å². The van der Waals surface area contributed by atoms with E-state index in [-0.39, 0.29) is 11.8 Å². The van der Waals surface area contributed by atoms with Crippen LogP contribution in [0.25, 0.3) is 6.08 Å². The van der Waals surface area contributed by atoms with Gasteiger partial charge in [-0.1, -0.05) is 35.9 Å². The number of carbonyl (C=O) groups is 2. The Bertz CT molecular complexity index is 616. The molecule has 0 atom stereocenters. The Labute approximate surface area is 121 Å². The summed E-state index contributed by atoms with van der Waals surface area (Å²) in [5, 5.41) is 1.80. The van der Waals surface area contributed by atoms with Gasteiger partial charge in [0.15, 0.2) is 0 Å². The first kappa shape index (κ1) is 14.0. The normalized spacial score (nSPS) is 10.4. The quantitative estimate of drug-likeness (QED) is 0.673. The highest BCUT2D eigenvalue weighted by Crippen LogP contribution is 2.07. The van der Waals surface area contributed by atoms with Gasteiger partial charge in [0.05, 0.1) is 4.88 Å². The summed E-state index contributed by atoms with van der Waals surface area (Å²) in [6.07, 6.45) is 3.06. The lowest BCUT2D eigenvalue weighted by Crippen LogP contribution is -2.40. The lowest BCUT2D eigenvalue weighted by molar-refractivity contribution is -0.117. The molecule has 4 nitrogen and oxygen atoms in total. The van der Waals surface area contributed by atoms with Crippen LogP contribution in [0.1, 0.15) is 20.8 Å². The first-order valence-electron chi connectivity index (χ1n) is 6.04. The van der Waals surface area contributed by atoms with Crippen LogP contribution < -0.4 is 10.9 Å². The number of carbonyl (C=O) groups excluding carboxylic acids is 2. The van der Waals surface area contributed by atoms with E-state index < -0.39 is 0 Å². The van der Waals surface area contributed by atoms with Crippen molar-refractivity contribution < 1.29 is 9.59 Å². The van der Waals surface area contributed by atoms with E-state index in [9.17, 15) is 9.59 Å². The minimum absolute atomic E-state index is 0.322. The number of amides is 2. The Morgan fingerprint density at radius 3 is 2.50 bits per heavy atom. The molecule has 2 amide bonds. The number of hydrogen-bond acceptors (Lipinski definition) is 3. The molecule has 20 heavy (non-hydrogen) atoms. The highest BCUT2D eigenvalue weighted by molar-refractivity contribution is 7.12. The summed E-state index contributed by atoms with van der Waals surface area (Å²) in [5.74, 6) is -0.701. The third-order valence-corrected chi connectivity index (χ3v) is 3.42.